The van der Waals surface area contributed by atoms with E-state index in [9.17, 15) is 22.7 Å². The van der Waals surface area contributed by atoms with Gasteiger partial charge in [-0.1, -0.05) is 54.6 Å². The predicted molar refractivity (Wildman–Crippen MR) is 97.8 cm³/mol. The molecule has 0 unspecified atom stereocenters. The SMILES string of the molecule is O[C@](C[NH2+]Cc1cccc(C(F)(F)F)c1)(c1ccccc1)c1ccc(F)cc1. The Morgan fingerprint density at radius 2 is 1.36 bits per heavy atom. The van der Waals surface area contributed by atoms with Gasteiger partial charge in [0.2, 0.25) is 0 Å². The van der Waals surface area contributed by atoms with E-state index in [1.54, 1.807) is 35.6 Å². The Bertz CT molecular complexity index is 910. The molecular formula is C22H20F4NO+. The Morgan fingerprint density at radius 1 is 0.750 bits per heavy atom. The van der Waals surface area contributed by atoms with E-state index in [1.165, 1.54) is 30.3 Å². The Hall–Kier alpha value is -2.70. The monoisotopic (exact) mass is 390 g/mol. The minimum Gasteiger partial charge on any atom is -0.375 e. The fraction of sp³-hybridized carbons (Fsp3) is 0.182. The van der Waals surface area contributed by atoms with Crippen molar-refractivity contribution in [2.45, 2.75) is 18.3 Å². The van der Waals surface area contributed by atoms with Crippen LogP contribution in [0, 0.1) is 5.82 Å². The third kappa shape index (κ3) is 4.58. The van der Waals surface area contributed by atoms with Crippen molar-refractivity contribution in [3.05, 3.63) is 107 Å². The van der Waals surface area contributed by atoms with Crippen LogP contribution in [0.4, 0.5) is 17.6 Å². The molecule has 0 saturated heterocycles. The summed E-state index contributed by atoms with van der Waals surface area (Å²) in [4.78, 5) is 0. The number of halogens is 4. The third-order valence-corrected chi connectivity index (χ3v) is 4.65. The second-order valence-electron chi connectivity index (χ2n) is 6.63. The molecular weight excluding hydrogens is 370 g/mol. The highest BCUT2D eigenvalue weighted by atomic mass is 19.4. The number of alkyl halides is 3. The molecule has 146 valence electrons. The summed E-state index contributed by atoms with van der Waals surface area (Å²) < 4.78 is 51.9. The van der Waals surface area contributed by atoms with Gasteiger partial charge in [0, 0.05) is 5.56 Å². The first-order valence-electron chi connectivity index (χ1n) is 8.81. The summed E-state index contributed by atoms with van der Waals surface area (Å²) in [5, 5.41) is 13.1. The van der Waals surface area contributed by atoms with Crippen molar-refractivity contribution in [3.8, 4) is 0 Å². The quantitative estimate of drug-likeness (QED) is 0.617. The van der Waals surface area contributed by atoms with E-state index in [-0.39, 0.29) is 13.1 Å². The standard InChI is InChI=1S/C22H19F4NO/c23-20-11-9-18(10-12-20)21(28,17-6-2-1-3-7-17)15-27-14-16-5-4-8-19(13-16)22(24,25)26/h1-13,27-28H,14-15H2/p+1/t21-/m1/s1. The average molecular weight is 390 g/mol. The lowest BCUT2D eigenvalue weighted by atomic mass is 9.86. The topological polar surface area (TPSA) is 36.8 Å². The van der Waals surface area contributed by atoms with Gasteiger partial charge in [-0.05, 0) is 35.4 Å². The van der Waals surface area contributed by atoms with Crippen LogP contribution in [0.15, 0.2) is 78.9 Å². The van der Waals surface area contributed by atoms with E-state index in [1.807, 2.05) is 6.07 Å². The number of benzene rings is 3. The van der Waals surface area contributed by atoms with E-state index < -0.39 is 23.2 Å². The van der Waals surface area contributed by atoms with Crippen LogP contribution in [0.25, 0.3) is 0 Å². The molecule has 0 amide bonds. The van der Waals surface area contributed by atoms with Crippen molar-refractivity contribution in [2.75, 3.05) is 6.54 Å². The van der Waals surface area contributed by atoms with Crippen molar-refractivity contribution in [1.29, 1.82) is 0 Å². The van der Waals surface area contributed by atoms with Gasteiger partial charge in [0.25, 0.3) is 0 Å². The zero-order valence-electron chi connectivity index (χ0n) is 15.0. The van der Waals surface area contributed by atoms with E-state index in [2.05, 4.69) is 0 Å². The van der Waals surface area contributed by atoms with Crippen molar-refractivity contribution in [3.63, 3.8) is 0 Å². The molecule has 28 heavy (non-hydrogen) atoms. The molecule has 0 aliphatic rings. The number of hydrogen-bond donors (Lipinski definition) is 2. The van der Waals surface area contributed by atoms with Gasteiger partial charge < -0.3 is 10.4 Å². The Morgan fingerprint density at radius 3 is 2.00 bits per heavy atom. The largest absolute Gasteiger partial charge is 0.416 e. The van der Waals surface area contributed by atoms with Crippen LogP contribution < -0.4 is 5.32 Å². The molecule has 3 rings (SSSR count). The minimum absolute atomic E-state index is 0.166. The lowest BCUT2D eigenvalue weighted by molar-refractivity contribution is -0.682. The van der Waals surface area contributed by atoms with E-state index in [4.69, 9.17) is 0 Å². The number of hydrogen-bond acceptors (Lipinski definition) is 1. The number of aliphatic hydroxyl groups is 1. The van der Waals surface area contributed by atoms with Gasteiger partial charge in [-0.15, -0.1) is 0 Å². The highest BCUT2D eigenvalue weighted by Gasteiger charge is 2.34. The minimum atomic E-state index is -4.39. The summed E-state index contributed by atoms with van der Waals surface area (Å²) in [5.41, 5.74) is -0.460. The smallest absolute Gasteiger partial charge is 0.375 e. The molecule has 1 atom stereocenters. The second-order valence-corrected chi connectivity index (χ2v) is 6.63. The van der Waals surface area contributed by atoms with Gasteiger partial charge >= 0.3 is 6.18 Å². The van der Waals surface area contributed by atoms with Crippen molar-refractivity contribution in [1.82, 2.24) is 0 Å². The van der Waals surface area contributed by atoms with Crippen LogP contribution in [-0.2, 0) is 18.3 Å². The molecule has 0 bridgehead atoms. The van der Waals surface area contributed by atoms with Crippen LogP contribution in [0.1, 0.15) is 22.3 Å². The molecule has 3 aromatic rings. The molecule has 0 aliphatic carbocycles. The van der Waals surface area contributed by atoms with Crippen molar-refractivity contribution >= 4 is 0 Å². The predicted octanol–water partition coefficient (Wildman–Crippen LogP) is 3.84. The molecule has 6 heteroatoms. The van der Waals surface area contributed by atoms with E-state index >= 15 is 0 Å². The summed E-state index contributed by atoms with van der Waals surface area (Å²) in [6, 6.07) is 19.6. The van der Waals surface area contributed by atoms with Gasteiger partial charge in [0.05, 0.1) is 5.56 Å². The Labute approximate surface area is 160 Å². The summed E-state index contributed by atoms with van der Waals surface area (Å²) in [6.07, 6.45) is -4.39. The normalized spacial score (nSPS) is 13.9. The van der Waals surface area contributed by atoms with Crippen LogP contribution in [0.2, 0.25) is 0 Å². The first-order chi connectivity index (χ1) is 13.3. The maximum atomic E-state index is 13.3. The molecule has 2 nitrogen and oxygen atoms in total. The summed E-state index contributed by atoms with van der Waals surface area (Å²) in [7, 11) is 0. The first kappa shape index (κ1) is 20.0. The number of nitrogens with two attached hydrogens (primary N) is 1. The molecule has 0 aromatic heterocycles. The molecule has 0 radical (unpaired) electrons. The van der Waals surface area contributed by atoms with Gasteiger partial charge in [-0.2, -0.15) is 13.2 Å². The van der Waals surface area contributed by atoms with Crippen molar-refractivity contribution < 1.29 is 28.0 Å². The molecule has 3 N–H and O–H groups in total. The van der Waals surface area contributed by atoms with Gasteiger partial charge in [0.1, 0.15) is 18.9 Å². The summed E-state index contributed by atoms with van der Waals surface area (Å²) in [6.45, 7) is 0.430. The van der Waals surface area contributed by atoms with Crippen molar-refractivity contribution in [2.24, 2.45) is 0 Å². The number of quaternary nitrogens is 1. The average Bonchev–Trinajstić information content (AvgIpc) is 2.68. The van der Waals surface area contributed by atoms with E-state index in [0.29, 0.717) is 16.7 Å². The number of rotatable bonds is 6. The summed E-state index contributed by atoms with van der Waals surface area (Å²) >= 11 is 0. The van der Waals surface area contributed by atoms with Gasteiger partial charge in [-0.25, -0.2) is 4.39 Å². The highest BCUT2D eigenvalue weighted by molar-refractivity contribution is 5.36. The lowest BCUT2D eigenvalue weighted by Crippen LogP contribution is -2.86. The lowest BCUT2D eigenvalue weighted by Gasteiger charge is -2.27. The van der Waals surface area contributed by atoms with Gasteiger partial charge in [-0.3, -0.25) is 0 Å². The third-order valence-electron chi connectivity index (χ3n) is 4.65. The maximum Gasteiger partial charge on any atom is 0.416 e. The molecule has 0 aliphatic heterocycles. The van der Waals surface area contributed by atoms with Crippen LogP contribution in [-0.4, -0.2) is 11.7 Å². The van der Waals surface area contributed by atoms with Crippen LogP contribution in [0.5, 0.6) is 0 Å². The summed E-state index contributed by atoms with van der Waals surface area (Å²) in [5.74, 6) is -0.410. The van der Waals surface area contributed by atoms with Gasteiger partial charge in [0.15, 0.2) is 5.60 Å². The Balaban J connectivity index is 1.81. The fourth-order valence-corrected chi connectivity index (χ4v) is 3.16. The second kappa shape index (κ2) is 8.12. The maximum absolute atomic E-state index is 13.3. The Kier molecular flexibility index (Phi) is 5.82. The first-order valence-corrected chi connectivity index (χ1v) is 8.81. The van der Waals surface area contributed by atoms with Crippen LogP contribution in [0.3, 0.4) is 0 Å². The molecule has 3 aromatic carbocycles. The molecule has 0 spiro atoms. The van der Waals surface area contributed by atoms with E-state index in [0.717, 1.165) is 12.1 Å². The molecule has 0 fully saturated rings. The fourth-order valence-electron chi connectivity index (χ4n) is 3.16. The molecule has 0 saturated carbocycles. The highest BCUT2D eigenvalue weighted by Crippen LogP contribution is 2.30. The zero-order valence-corrected chi connectivity index (χ0v) is 15.0. The molecule has 0 heterocycles. The van der Waals surface area contributed by atoms with Crippen LogP contribution >= 0.6 is 0 Å². The zero-order chi connectivity index (χ0) is 20.2.